The molecule has 0 saturated heterocycles. The van der Waals surface area contributed by atoms with Gasteiger partial charge in [0, 0.05) is 13.0 Å². The number of aliphatic hydroxyl groups is 2. The van der Waals surface area contributed by atoms with E-state index >= 15 is 0 Å². The maximum atomic E-state index is 11.8. The second-order valence-corrected chi connectivity index (χ2v) is 7.06. The molecular formula is C21H36N2O3. The van der Waals surface area contributed by atoms with Crippen LogP contribution in [-0.2, 0) is 10.5 Å². The molecule has 1 amide bonds. The van der Waals surface area contributed by atoms with E-state index in [2.05, 4.69) is 12.2 Å². The Hall–Kier alpha value is -1.43. The molecule has 26 heavy (non-hydrogen) atoms. The zero-order valence-corrected chi connectivity index (χ0v) is 16.1. The summed E-state index contributed by atoms with van der Waals surface area (Å²) in [5, 5.41) is 23.3. The number of hydrogen-bond acceptors (Lipinski definition) is 4. The van der Waals surface area contributed by atoms with Gasteiger partial charge in [0.05, 0.1) is 6.04 Å². The molecule has 1 aromatic rings. The fourth-order valence-corrected chi connectivity index (χ4v) is 3.23. The van der Waals surface area contributed by atoms with E-state index in [0.717, 1.165) is 19.3 Å². The average molecular weight is 365 g/mol. The van der Waals surface area contributed by atoms with Crippen LogP contribution in [0.25, 0.3) is 0 Å². The normalized spacial score (nSPS) is 14.7. The number of nitrogens with one attached hydrogen (secondary N) is 1. The Labute approximate surface area is 158 Å². The molecule has 5 nitrogen and oxygen atoms in total. The highest BCUT2D eigenvalue weighted by Crippen LogP contribution is 2.23. The van der Waals surface area contributed by atoms with Gasteiger partial charge in [0.25, 0.3) is 0 Å². The van der Waals surface area contributed by atoms with Crippen LogP contribution in [0.5, 0.6) is 0 Å². The summed E-state index contributed by atoms with van der Waals surface area (Å²) in [6.45, 7) is 2.02. The largest absolute Gasteiger partial charge is 0.396 e. The summed E-state index contributed by atoms with van der Waals surface area (Å²) in [7, 11) is 0. The van der Waals surface area contributed by atoms with Crippen molar-refractivity contribution in [2.45, 2.75) is 82.9 Å². The van der Waals surface area contributed by atoms with Crippen LogP contribution >= 0.6 is 0 Å². The SMILES string of the molecule is CCCCCCCCCCC(N[C@](O)(CCO)c1ccccc1)C(N)=O. The van der Waals surface area contributed by atoms with Gasteiger partial charge in [0.1, 0.15) is 5.72 Å². The molecule has 0 spiro atoms. The van der Waals surface area contributed by atoms with Gasteiger partial charge in [-0.25, -0.2) is 0 Å². The molecule has 2 atom stereocenters. The molecule has 0 radical (unpaired) electrons. The van der Waals surface area contributed by atoms with Crippen LogP contribution in [0.1, 0.15) is 76.7 Å². The van der Waals surface area contributed by atoms with Crippen molar-refractivity contribution in [3.63, 3.8) is 0 Å². The minimum Gasteiger partial charge on any atom is -0.396 e. The second-order valence-electron chi connectivity index (χ2n) is 7.06. The summed E-state index contributed by atoms with van der Waals surface area (Å²) in [5.74, 6) is -0.472. The van der Waals surface area contributed by atoms with Crippen LogP contribution in [0.15, 0.2) is 30.3 Å². The lowest BCUT2D eigenvalue weighted by Crippen LogP contribution is -2.53. The van der Waals surface area contributed by atoms with E-state index in [4.69, 9.17) is 5.73 Å². The van der Waals surface area contributed by atoms with Gasteiger partial charge in [-0.3, -0.25) is 10.1 Å². The monoisotopic (exact) mass is 364 g/mol. The fraction of sp³-hybridized carbons (Fsp3) is 0.667. The molecule has 0 aliphatic rings. The lowest BCUT2D eigenvalue weighted by Gasteiger charge is -2.33. The van der Waals surface area contributed by atoms with E-state index in [1.54, 1.807) is 12.1 Å². The van der Waals surface area contributed by atoms with Crippen LogP contribution in [-0.4, -0.2) is 28.8 Å². The summed E-state index contributed by atoms with van der Waals surface area (Å²) >= 11 is 0. The van der Waals surface area contributed by atoms with E-state index in [1.807, 2.05) is 18.2 Å². The van der Waals surface area contributed by atoms with Gasteiger partial charge >= 0.3 is 0 Å². The molecule has 0 aliphatic heterocycles. The lowest BCUT2D eigenvalue weighted by atomic mass is 9.96. The third kappa shape index (κ3) is 8.30. The van der Waals surface area contributed by atoms with E-state index in [-0.39, 0.29) is 13.0 Å². The number of hydrogen-bond donors (Lipinski definition) is 4. The Balaban J connectivity index is 2.51. The van der Waals surface area contributed by atoms with Gasteiger partial charge < -0.3 is 15.9 Å². The predicted molar refractivity (Wildman–Crippen MR) is 105 cm³/mol. The van der Waals surface area contributed by atoms with Crippen molar-refractivity contribution in [2.24, 2.45) is 5.73 Å². The Bertz CT molecular complexity index is 495. The molecular weight excluding hydrogens is 328 g/mol. The van der Waals surface area contributed by atoms with Crippen LogP contribution in [0.3, 0.4) is 0 Å². The molecule has 1 unspecified atom stereocenters. The highest BCUT2D eigenvalue weighted by atomic mass is 16.3. The van der Waals surface area contributed by atoms with Crippen LogP contribution < -0.4 is 11.1 Å². The van der Waals surface area contributed by atoms with Gasteiger partial charge in [-0.15, -0.1) is 0 Å². The third-order valence-electron chi connectivity index (χ3n) is 4.83. The number of carbonyl (C=O) groups is 1. The standard InChI is InChI=1S/C21H36N2O3/c1-2-3-4-5-6-7-8-12-15-19(20(22)25)23-21(26,16-17-24)18-13-10-9-11-14-18/h9-11,13-14,19,23-24,26H,2-8,12,15-17H2,1H3,(H2,22,25)/t19?,21-/m0/s1. The number of primary amides is 1. The van der Waals surface area contributed by atoms with Crippen molar-refractivity contribution < 1.29 is 15.0 Å². The summed E-state index contributed by atoms with van der Waals surface area (Å²) in [5.41, 5.74) is 4.70. The summed E-state index contributed by atoms with van der Waals surface area (Å²) in [4.78, 5) is 11.8. The van der Waals surface area contributed by atoms with Gasteiger partial charge in [0.15, 0.2) is 0 Å². The van der Waals surface area contributed by atoms with Crippen molar-refractivity contribution in [2.75, 3.05) is 6.61 Å². The Kier molecular flexibility index (Phi) is 11.2. The summed E-state index contributed by atoms with van der Waals surface area (Å²) in [6.07, 6.45) is 10.1. The van der Waals surface area contributed by atoms with Gasteiger partial charge in [-0.2, -0.15) is 0 Å². The number of rotatable bonds is 15. The van der Waals surface area contributed by atoms with Gasteiger partial charge in [-0.1, -0.05) is 88.6 Å². The van der Waals surface area contributed by atoms with Gasteiger partial charge in [-0.05, 0) is 12.0 Å². The van der Waals surface area contributed by atoms with E-state index in [9.17, 15) is 15.0 Å². The fourth-order valence-electron chi connectivity index (χ4n) is 3.23. The summed E-state index contributed by atoms with van der Waals surface area (Å²) in [6, 6.07) is 8.42. The molecule has 5 N–H and O–H groups in total. The van der Waals surface area contributed by atoms with Crippen molar-refractivity contribution in [3.05, 3.63) is 35.9 Å². The minimum atomic E-state index is -1.46. The molecule has 0 bridgehead atoms. The number of unbranched alkanes of at least 4 members (excludes halogenated alkanes) is 7. The minimum absolute atomic E-state index is 0.0955. The average Bonchev–Trinajstić information content (AvgIpc) is 2.63. The zero-order valence-electron chi connectivity index (χ0n) is 16.1. The molecule has 5 heteroatoms. The van der Waals surface area contributed by atoms with Crippen molar-refractivity contribution in [3.8, 4) is 0 Å². The van der Waals surface area contributed by atoms with Crippen molar-refractivity contribution >= 4 is 5.91 Å². The molecule has 0 aromatic heterocycles. The lowest BCUT2D eigenvalue weighted by molar-refractivity contribution is -0.124. The molecule has 0 aliphatic carbocycles. The number of amides is 1. The summed E-state index contributed by atoms with van der Waals surface area (Å²) < 4.78 is 0. The maximum Gasteiger partial charge on any atom is 0.234 e. The molecule has 0 fully saturated rings. The van der Waals surface area contributed by atoms with Gasteiger partial charge in [0.2, 0.25) is 5.91 Å². The Morgan fingerprint density at radius 3 is 2.19 bits per heavy atom. The molecule has 1 aromatic carbocycles. The van der Waals surface area contributed by atoms with Crippen LogP contribution in [0.2, 0.25) is 0 Å². The Morgan fingerprint density at radius 1 is 1.08 bits per heavy atom. The first-order chi connectivity index (χ1) is 12.5. The Morgan fingerprint density at radius 2 is 1.65 bits per heavy atom. The highest BCUT2D eigenvalue weighted by molar-refractivity contribution is 5.79. The number of aliphatic hydroxyl groups excluding tert-OH is 1. The predicted octanol–water partition coefficient (Wildman–Crippen LogP) is 3.19. The molecule has 0 saturated carbocycles. The van der Waals surface area contributed by atoms with Crippen molar-refractivity contribution in [1.29, 1.82) is 0 Å². The molecule has 148 valence electrons. The number of benzene rings is 1. The van der Waals surface area contributed by atoms with Crippen LogP contribution in [0, 0.1) is 0 Å². The second kappa shape index (κ2) is 12.8. The highest BCUT2D eigenvalue weighted by Gasteiger charge is 2.32. The van der Waals surface area contributed by atoms with E-state index < -0.39 is 17.7 Å². The first-order valence-electron chi connectivity index (χ1n) is 9.99. The first kappa shape index (κ1) is 22.6. The zero-order chi connectivity index (χ0) is 19.3. The first-order valence-corrected chi connectivity index (χ1v) is 9.99. The number of nitrogens with two attached hydrogens (primary N) is 1. The number of carbonyl (C=O) groups excluding carboxylic acids is 1. The topological polar surface area (TPSA) is 95.6 Å². The van der Waals surface area contributed by atoms with Crippen molar-refractivity contribution in [1.82, 2.24) is 5.32 Å². The molecule has 1 rings (SSSR count). The smallest absolute Gasteiger partial charge is 0.234 e. The maximum absolute atomic E-state index is 11.8. The van der Waals surface area contributed by atoms with E-state index in [1.165, 1.54) is 32.1 Å². The quantitative estimate of drug-likeness (QED) is 0.284. The third-order valence-corrected chi connectivity index (χ3v) is 4.83. The van der Waals surface area contributed by atoms with E-state index in [0.29, 0.717) is 12.0 Å². The van der Waals surface area contributed by atoms with Crippen LogP contribution in [0.4, 0.5) is 0 Å². The molecule has 0 heterocycles.